The van der Waals surface area contributed by atoms with E-state index >= 15 is 0 Å². The van der Waals surface area contributed by atoms with Crippen LogP contribution in [0, 0.1) is 0 Å². The molecule has 1 atom stereocenters. The van der Waals surface area contributed by atoms with Gasteiger partial charge in [0, 0.05) is 6.42 Å². The Labute approximate surface area is 142 Å². The van der Waals surface area contributed by atoms with Crippen LogP contribution in [0.15, 0.2) is 4.99 Å². The van der Waals surface area contributed by atoms with E-state index in [0.717, 1.165) is 51.2 Å². The van der Waals surface area contributed by atoms with Gasteiger partial charge >= 0.3 is 0 Å². The highest BCUT2D eigenvalue weighted by atomic mass is 16.4. The standard InChI is InChI=1S/C19H36N2O2/c1-3-5-7-8-9-10-11-12-13-18-20-14-16-21(18,15-6-4-2)17-19(22)23/h3-17H2,1-2H3. The van der Waals surface area contributed by atoms with Crippen LogP contribution in [0.4, 0.5) is 0 Å². The lowest BCUT2D eigenvalue weighted by Crippen LogP contribution is -2.56. The molecule has 0 radical (unpaired) electrons. The second kappa shape index (κ2) is 11.6. The number of aliphatic imine (C=N–C) groups is 1. The molecule has 0 saturated carbocycles. The first kappa shape index (κ1) is 20.1. The Morgan fingerprint density at radius 3 is 2.22 bits per heavy atom. The molecule has 1 aliphatic heterocycles. The molecule has 134 valence electrons. The van der Waals surface area contributed by atoms with Gasteiger partial charge in [-0.15, -0.1) is 0 Å². The molecule has 4 heteroatoms. The highest BCUT2D eigenvalue weighted by molar-refractivity contribution is 5.79. The number of rotatable bonds is 14. The largest absolute Gasteiger partial charge is 0.544 e. The van der Waals surface area contributed by atoms with Gasteiger partial charge < -0.3 is 9.90 Å². The lowest BCUT2D eigenvalue weighted by Gasteiger charge is -2.35. The first-order chi connectivity index (χ1) is 11.1. The highest BCUT2D eigenvalue weighted by Gasteiger charge is 2.37. The van der Waals surface area contributed by atoms with Gasteiger partial charge in [-0.1, -0.05) is 65.2 Å². The fraction of sp³-hybridized carbons (Fsp3) is 0.895. The van der Waals surface area contributed by atoms with E-state index in [4.69, 9.17) is 0 Å². The first-order valence-electron chi connectivity index (χ1n) is 9.74. The van der Waals surface area contributed by atoms with Gasteiger partial charge in [0.2, 0.25) is 0 Å². The normalized spacial score (nSPS) is 20.7. The van der Waals surface area contributed by atoms with Crippen molar-refractivity contribution in [2.24, 2.45) is 4.99 Å². The number of hydrogen-bond acceptors (Lipinski definition) is 3. The first-order valence-corrected chi connectivity index (χ1v) is 9.74. The topological polar surface area (TPSA) is 52.5 Å². The van der Waals surface area contributed by atoms with E-state index in [2.05, 4.69) is 18.8 Å². The van der Waals surface area contributed by atoms with Crippen LogP contribution in [0.5, 0.6) is 0 Å². The second-order valence-electron chi connectivity index (χ2n) is 7.00. The summed E-state index contributed by atoms with van der Waals surface area (Å²) in [6, 6.07) is 0. The van der Waals surface area contributed by atoms with Crippen LogP contribution >= 0.6 is 0 Å². The van der Waals surface area contributed by atoms with Crippen molar-refractivity contribution < 1.29 is 14.4 Å². The van der Waals surface area contributed by atoms with E-state index < -0.39 is 5.97 Å². The van der Waals surface area contributed by atoms with Gasteiger partial charge in [-0.25, -0.2) is 4.99 Å². The van der Waals surface area contributed by atoms with Crippen LogP contribution in [-0.2, 0) is 4.79 Å². The molecule has 1 rings (SSSR count). The summed E-state index contributed by atoms with van der Waals surface area (Å²) in [5.74, 6) is 0.181. The molecule has 1 aliphatic rings. The van der Waals surface area contributed by atoms with Crippen molar-refractivity contribution in [3.05, 3.63) is 0 Å². The Hall–Kier alpha value is -0.900. The van der Waals surface area contributed by atoms with E-state index in [0.29, 0.717) is 4.48 Å². The summed E-state index contributed by atoms with van der Waals surface area (Å²) in [5, 5.41) is 11.2. The van der Waals surface area contributed by atoms with Crippen LogP contribution in [0.25, 0.3) is 0 Å². The lowest BCUT2D eigenvalue weighted by atomic mass is 10.1. The molecule has 0 aliphatic carbocycles. The third-order valence-corrected chi connectivity index (χ3v) is 5.00. The van der Waals surface area contributed by atoms with Crippen molar-refractivity contribution in [1.82, 2.24) is 0 Å². The number of carbonyl (C=O) groups is 1. The second-order valence-corrected chi connectivity index (χ2v) is 7.00. The summed E-state index contributed by atoms with van der Waals surface area (Å²) in [5.41, 5.74) is 0. The number of carbonyl (C=O) groups excluding carboxylic acids is 1. The third-order valence-electron chi connectivity index (χ3n) is 5.00. The number of carboxylic acids is 1. The molecule has 1 heterocycles. The number of amidine groups is 1. The zero-order valence-corrected chi connectivity index (χ0v) is 15.3. The molecule has 0 aromatic rings. The highest BCUT2D eigenvalue weighted by Crippen LogP contribution is 2.21. The van der Waals surface area contributed by atoms with Crippen molar-refractivity contribution in [3.63, 3.8) is 0 Å². The molecule has 0 aromatic heterocycles. The minimum atomic E-state index is -0.938. The SMILES string of the molecule is CCCCCCCCCCC1=NCC[N+]1(CCCC)CC(=O)[O-]. The Morgan fingerprint density at radius 1 is 1.00 bits per heavy atom. The maximum atomic E-state index is 11.2. The number of aliphatic carboxylic acids is 1. The van der Waals surface area contributed by atoms with Gasteiger partial charge in [0.05, 0.1) is 19.1 Å². The average Bonchev–Trinajstić information content (AvgIpc) is 2.90. The summed E-state index contributed by atoms with van der Waals surface area (Å²) < 4.78 is 0.562. The van der Waals surface area contributed by atoms with Crippen molar-refractivity contribution in [2.75, 3.05) is 26.2 Å². The molecule has 0 N–H and O–H groups in total. The van der Waals surface area contributed by atoms with E-state index in [1.165, 1.54) is 44.9 Å². The van der Waals surface area contributed by atoms with Gasteiger partial charge in [-0.05, 0) is 12.8 Å². The molecular weight excluding hydrogens is 288 g/mol. The molecular formula is C19H36N2O2. The summed E-state index contributed by atoms with van der Waals surface area (Å²) in [6.07, 6.45) is 13.5. The van der Waals surface area contributed by atoms with Crippen molar-refractivity contribution in [3.8, 4) is 0 Å². The minimum Gasteiger partial charge on any atom is -0.544 e. The zero-order chi connectivity index (χ0) is 17.0. The average molecular weight is 325 g/mol. The predicted molar refractivity (Wildman–Crippen MR) is 94.3 cm³/mol. The van der Waals surface area contributed by atoms with Crippen LogP contribution in [0.3, 0.4) is 0 Å². The Balaban J connectivity index is 2.33. The summed E-state index contributed by atoms with van der Waals surface area (Å²) in [4.78, 5) is 15.8. The number of quaternary nitrogens is 1. The predicted octanol–water partition coefficient (Wildman–Crippen LogP) is 3.30. The van der Waals surface area contributed by atoms with E-state index in [1.807, 2.05) is 0 Å². The van der Waals surface area contributed by atoms with Crippen LogP contribution < -0.4 is 5.11 Å². The molecule has 0 amide bonds. The molecule has 0 fully saturated rings. The number of hydrogen-bond donors (Lipinski definition) is 0. The smallest absolute Gasteiger partial charge is 0.198 e. The summed E-state index contributed by atoms with van der Waals surface area (Å²) in [6.45, 7) is 7.04. The van der Waals surface area contributed by atoms with Gasteiger partial charge in [-0.3, -0.25) is 4.48 Å². The molecule has 23 heavy (non-hydrogen) atoms. The van der Waals surface area contributed by atoms with Gasteiger partial charge in [-0.2, -0.15) is 0 Å². The Bertz CT molecular complexity index is 368. The van der Waals surface area contributed by atoms with Crippen LogP contribution in [0.1, 0.15) is 84.5 Å². The molecule has 0 spiro atoms. The number of nitrogens with zero attached hydrogens (tertiary/aromatic N) is 2. The minimum absolute atomic E-state index is 0.107. The Morgan fingerprint density at radius 2 is 1.61 bits per heavy atom. The summed E-state index contributed by atoms with van der Waals surface area (Å²) in [7, 11) is 0. The van der Waals surface area contributed by atoms with E-state index in [1.54, 1.807) is 0 Å². The molecule has 4 nitrogen and oxygen atoms in total. The van der Waals surface area contributed by atoms with Gasteiger partial charge in [0.25, 0.3) is 0 Å². The fourth-order valence-corrected chi connectivity index (χ4v) is 3.58. The van der Waals surface area contributed by atoms with Crippen molar-refractivity contribution in [2.45, 2.75) is 84.5 Å². The quantitative estimate of drug-likeness (QED) is 0.364. The van der Waals surface area contributed by atoms with Gasteiger partial charge in [0.1, 0.15) is 13.1 Å². The van der Waals surface area contributed by atoms with E-state index in [9.17, 15) is 9.90 Å². The zero-order valence-electron chi connectivity index (χ0n) is 15.3. The maximum absolute atomic E-state index is 11.2. The van der Waals surface area contributed by atoms with Crippen LogP contribution in [0.2, 0.25) is 0 Å². The lowest BCUT2D eigenvalue weighted by molar-refractivity contribution is -0.831. The Kier molecular flexibility index (Phi) is 10.2. The van der Waals surface area contributed by atoms with Crippen molar-refractivity contribution in [1.29, 1.82) is 0 Å². The number of unbranched alkanes of at least 4 members (excludes halogenated alkanes) is 8. The molecule has 1 unspecified atom stereocenters. The monoisotopic (exact) mass is 324 g/mol. The molecule has 0 saturated heterocycles. The fourth-order valence-electron chi connectivity index (χ4n) is 3.58. The third kappa shape index (κ3) is 7.47. The van der Waals surface area contributed by atoms with Gasteiger partial charge in [0.15, 0.2) is 5.84 Å². The van der Waals surface area contributed by atoms with E-state index in [-0.39, 0.29) is 6.54 Å². The molecule has 0 aromatic carbocycles. The summed E-state index contributed by atoms with van der Waals surface area (Å²) >= 11 is 0. The van der Waals surface area contributed by atoms with Crippen LogP contribution in [-0.4, -0.2) is 42.5 Å². The maximum Gasteiger partial charge on any atom is 0.198 e. The van der Waals surface area contributed by atoms with Crippen molar-refractivity contribution >= 4 is 11.8 Å². The number of carboxylic acid groups (broad SMARTS) is 1. The molecule has 0 bridgehead atoms.